The molecular weight excluding hydrogens is 492 g/mol. The van der Waals surface area contributed by atoms with Gasteiger partial charge in [0.1, 0.15) is 11.8 Å². The number of ether oxygens (including phenoxy) is 1. The molecule has 0 aliphatic rings. The molecule has 32 heavy (non-hydrogen) atoms. The van der Waals surface area contributed by atoms with Crippen LogP contribution in [0.5, 0.6) is 5.75 Å². The van der Waals surface area contributed by atoms with Crippen LogP contribution in [0.2, 0.25) is 5.02 Å². The number of nitrogens with one attached hydrogen (secondary N) is 1. The van der Waals surface area contributed by atoms with Gasteiger partial charge >= 0.3 is 0 Å². The van der Waals surface area contributed by atoms with Crippen molar-refractivity contribution in [1.29, 1.82) is 0 Å². The first-order chi connectivity index (χ1) is 15.1. The molecule has 2 aromatic rings. The zero-order valence-corrected chi connectivity index (χ0v) is 21.7. The van der Waals surface area contributed by atoms with E-state index in [1.165, 1.54) is 10.5 Å². The Morgan fingerprint density at radius 2 is 1.81 bits per heavy atom. The third-order valence-corrected chi connectivity index (χ3v) is 6.43. The maximum atomic E-state index is 13.2. The number of carbonyl (C=O) groups excluding carboxylic acids is 2. The van der Waals surface area contributed by atoms with Gasteiger partial charge in [0.2, 0.25) is 5.91 Å². The third kappa shape index (κ3) is 7.24. The van der Waals surface area contributed by atoms with Crippen molar-refractivity contribution in [1.82, 2.24) is 10.2 Å². The molecule has 0 radical (unpaired) electrons. The standard InChI is InChI=1S/C25H32BrClN2O3/c1-6-17(4)28-25(31)18(5)29(14-20-9-7-8-10-22(20)27)24(30)15-32-23-12-11-19(16(2)3)13-21(23)26/h7-13,16-18H,6,14-15H2,1-5H3,(H,28,31)/t17-,18-/m0/s1. The van der Waals surface area contributed by atoms with E-state index in [0.29, 0.717) is 16.7 Å². The number of halogens is 2. The summed E-state index contributed by atoms with van der Waals surface area (Å²) in [4.78, 5) is 27.5. The van der Waals surface area contributed by atoms with Gasteiger partial charge in [-0.25, -0.2) is 0 Å². The Kier molecular flexibility index (Phi) is 10.0. The van der Waals surface area contributed by atoms with Crippen LogP contribution in [0, 0.1) is 0 Å². The molecule has 0 heterocycles. The molecule has 2 rings (SSSR count). The molecular formula is C25H32BrClN2O3. The summed E-state index contributed by atoms with van der Waals surface area (Å²) in [5.74, 6) is 0.467. The molecule has 0 saturated heterocycles. The molecule has 2 atom stereocenters. The van der Waals surface area contributed by atoms with Crippen LogP contribution in [0.15, 0.2) is 46.9 Å². The van der Waals surface area contributed by atoms with E-state index in [-0.39, 0.29) is 31.0 Å². The summed E-state index contributed by atoms with van der Waals surface area (Å²) in [5, 5.41) is 3.50. The average Bonchev–Trinajstić information content (AvgIpc) is 2.76. The topological polar surface area (TPSA) is 58.6 Å². The second-order valence-electron chi connectivity index (χ2n) is 8.24. The van der Waals surface area contributed by atoms with E-state index in [2.05, 4.69) is 35.1 Å². The van der Waals surface area contributed by atoms with Crippen molar-refractivity contribution in [2.45, 2.75) is 65.6 Å². The lowest BCUT2D eigenvalue weighted by Gasteiger charge is -2.30. The normalized spacial score (nSPS) is 12.9. The van der Waals surface area contributed by atoms with E-state index in [1.54, 1.807) is 13.0 Å². The molecule has 5 nitrogen and oxygen atoms in total. The van der Waals surface area contributed by atoms with E-state index >= 15 is 0 Å². The Bertz CT molecular complexity index is 935. The number of rotatable bonds is 10. The molecule has 0 fully saturated rings. The van der Waals surface area contributed by atoms with E-state index in [9.17, 15) is 9.59 Å². The fourth-order valence-corrected chi connectivity index (χ4v) is 3.78. The van der Waals surface area contributed by atoms with Gasteiger partial charge < -0.3 is 15.0 Å². The molecule has 0 saturated carbocycles. The van der Waals surface area contributed by atoms with Crippen LogP contribution in [0.1, 0.15) is 58.1 Å². The van der Waals surface area contributed by atoms with Gasteiger partial charge in [-0.15, -0.1) is 0 Å². The molecule has 0 aromatic heterocycles. The average molecular weight is 524 g/mol. The van der Waals surface area contributed by atoms with Gasteiger partial charge in [-0.3, -0.25) is 9.59 Å². The molecule has 174 valence electrons. The first kappa shape index (κ1) is 26.2. The van der Waals surface area contributed by atoms with Crippen LogP contribution in [-0.2, 0) is 16.1 Å². The van der Waals surface area contributed by atoms with E-state index < -0.39 is 6.04 Å². The molecule has 0 aliphatic carbocycles. The lowest BCUT2D eigenvalue weighted by atomic mass is 10.0. The van der Waals surface area contributed by atoms with Crippen molar-refractivity contribution in [3.63, 3.8) is 0 Å². The second-order valence-corrected chi connectivity index (χ2v) is 9.50. The smallest absolute Gasteiger partial charge is 0.261 e. The quantitative estimate of drug-likeness (QED) is 0.419. The Hall–Kier alpha value is -2.05. The van der Waals surface area contributed by atoms with Crippen LogP contribution >= 0.6 is 27.5 Å². The summed E-state index contributed by atoms with van der Waals surface area (Å²) in [6.07, 6.45) is 0.806. The zero-order chi connectivity index (χ0) is 23.8. The van der Waals surface area contributed by atoms with Crippen LogP contribution in [0.3, 0.4) is 0 Å². The number of hydrogen-bond donors (Lipinski definition) is 1. The number of carbonyl (C=O) groups is 2. The summed E-state index contributed by atoms with van der Waals surface area (Å²) in [5.41, 5.74) is 1.94. The lowest BCUT2D eigenvalue weighted by Crippen LogP contribution is -2.50. The van der Waals surface area contributed by atoms with Crippen molar-refractivity contribution < 1.29 is 14.3 Å². The highest BCUT2D eigenvalue weighted by Crippen LogP contribution is 2.29. The summed E-state index contributed by atoms with van der Waals surface area (Å²) >= 11 is 9.84. The number of benzene rings is 2. The zero-order valence-electron chi connectivity index (χ0n) is 19.3. The first-order valence-corrected chi connectivity index (χ1v) is 12.1. The largest absolute Gasteiger partial charge is 0.483 e. The van der Waals surface area contributed by atoms with E-state index in [0.717, 1.165) is 16.5 Å². The lowest BCUT2D eigenvalue weighted by molar-refractivity contribution is -0.142. The predicted octanol–water partition coefficient (Wildman–Crippen LogP) is 5.94. The van der Waals surface area contributed by atoms with Gasteiger partial charge in [0.15, 0.2) is 6.61 Å². The van der Waals surface area contributed by atoms with Gasteiger partial charge in [0.25, 0.3) is 5.91 Å². The molecule has 7 heteroatoms. The first-order valence-electron chi connectivity index (χ1n) is 10.9. The Morgan fingerprint density at radius 1 is 1.12 bits per heavy atom. The van der Waals surface area contributed by atoms with Gasteiger partial charge in [-0.05, 0) is 71.4 Å². The van der Waals surface area contributed by atoms with Crippen LogP contribution in [0.25, 0.3) is 0 Å². The minimum absolute atomic E-state index is 0.0221. The maximum Gasteiger partial charge on any atom is 0.261 e. The van der Waals surface area contributed by atoms with Gasteiger partial charge in [0.05, 0.1) is 4.47 Å². The molecule has 0 aliphatic heterocycles. The highest BCUT2D eigenvalue weighted by Gasteiger charge is 2.27. The highest BCUT2D eigenvalue weighted by molar-refractivity contribution is 9.10. The summed E-state index contributed by atoms with van der Waals surface area (Å²) in [6, 6.07) is 12.5. The minimum atomic E-state index is -0.678. The van der Waals surface area contributed by atoms with E-state index in [1.807, 2.05) is 50.2 Å². The summed E-state index contributed by atoms with van der Waals surface area (Å²) in [6.45, 7) is 9.91. The SMILES string of the molecule is CC[C@H](C)NC(=O)[C@H](C)N(Cc1ccccc1Cl)C(=O)COc1ccc(C(C)C)cc1Br. The minimum Gasteiger partial charge on any atom is -0.483 e. The van der Waals surface area contributed by atoms with Gasteiger partial charge in [-0.1, -0.05) is 56.6 Å². The van der Waals surface area contributed by atoms with Gasteiger partial charge in [-0.2, -0.15) is 0 Å². The third-order valence-electron chi connectivity index (χ3n) is 5.44. The van der Waals surface area contributed by atoms with Crippen molar-refractivity contribution in [2.24, 2.45) is 0 Å². The molecule has 0 unspecified atom stereocenters. The molecule has 1 N–H and O–H groups in total. The van der Waals surface area contributed by atoms with Crippen molar-refractivity contribution >= 4 is 39.3 Å². The van der Waals surface area contributed by atoms with Crippen molar-refractivity contribution in [3.05, 3.63) is 63.1 Å². The number of hydrogen-bond acceptors (Lipinski definition) is 3. The Labute approximate surface area is 204 Å². The fraction of sp³-hybridized carbons (Fsp3) is 0.440. The predicted molar refractivity (Wildman–Crippen MR) is 133 cm³/mol. The second kappa shape index (κ2) is 12.3. The van der Waals surface area contributed by atoms with Crippen molar-refractivity contribution in [3.8, 4) is 5.75 Å². The maximum absolute atomic E-state index is 13.2. The van der Waals surface area contributed by atoms with Crippen molar-refractivity contribution in [2.75, 3.05) is 6.61 Å². The fourth-order valence-electron chi connectivity index (χ4n) is 3.07. The Balaban J connectivity index is 2.19. The van der Waals surface area contributed by atoms with Gasteiger partial charge in [0, 0.05) is 17.6 Å². The highest BCUT2D eigenvalue weighted by atomic mass is 79.9. The molecule has 2 aromatic carbocycles. The molecule has 0 spiro atoms. The van der Waals surface area contributed by atoms with Crippen LogP contribution < -0.4 is 10.1 Å². The van der Waals surface area contributed by atoms with Crippen LogP contribution in [0.4, 0.5) is 0 Å². The monoisotopic (exact) mass is 522 g/mol. The number of nitrogens with zero attached hydrogens (tertiary/aromatic N) is 1. The van der Waals surface area contributed by atoms with E-state index in [4.69, 9.17) is 16.3 Å². The summed E-state index contributed by atoms with van der Waals surface area (Å²) < 4.78 is 6.60. The number of amides is 2. The van der Waals surface area contributed by atoms with Crippen LogP contribution in [-0.4, -0.2) is 35.4 Å². The molecule has 0 bridgehead atoms. The molecule has 2 amide bonds. The summed E-state index contributed by atoms with van der Waals surface area (Å²) in [7, 11) is 0. The Morgan fingerprint density at radius 3 is 2.41 bits per heavy atom.